The fourth-order valence-electron chi connectivity index (χ4n) is 3.86. The number of fused-ring (bicyclic) bond motifs is 3. The number of hydrogen-bond donors (Lipinski definition) is 0. The van der Waals surface area contributed by atoms with Crippen LogP contribution in [0.5, 0.6) is 0 Å². The van der Waals surface area contributed by atoms with Crippen molar-refractivity contribution in [2.24, 2.45) is 0 Å². The first-order valence-corrected chi connectivity index (χ1v) is 9.57. The van der Waals surface area contributed by atoms with Gasteiger partial charge in [-0.05, 0) is 58.2 Å². The molecule has 0 unspecified atom stereocenters. The van der Waals surface area contributed by atoms with Gasteiger partial charge in [0.15, 0.2) is 0 Å². The number of amides is 1. The van der Waals surface area contributed by atoms with Gasteiger partial charge in [-0.25, -0.2) is 4.79 Å². The highest BCUT2D eigenvalue weighted by Gasteiger charge is 2.31. The van der Waals surface area contributed by atoms with E-state index in [1.807, 2.05) is 30.0 Å². The lowest BCUT2D eigenvalue weighted by molar-refractivity contribution is 0.0516. The zero-order valence-electron chi connectivity index (χ0n) is 14.7. The third-order valence-electron chi connectivity index (χ3n) is 5.17. The molecule has 3 heterocycles. The van der Waals surface area contributed by atoms with Gasteiger partial charge in [-0.1, -0.05) is 11.6 Å². The van der Waals surface area contributed by atoms with Gasteiger partial charge in [0.1, 0.15) is 5.58 Å². The maximum atomic E-state index is 13.1. The van der Waals surface area contributed by atoms with E-state index >= 15 is 0 Å². The maximum absolute atomic E-state index is 13.1. The van der Waals surface area contributed by atoms with E-state index in [1.165, 1.54) is 11.3 Å². The molecule has 5 heteroatoms. The highest BCUT2D eigenvalue weighted by atomic mass is 32.1. The number of rotatable bonds is 1. The molecule has 1 saturated heterocycles. The number of thiophene rings is 1. The van der Waals surface area contributed by atoms with Crippen molar-refractivity contribution in [2.45, 2.75) is 52.1 Å². The lowest BCUT2D eigenvalue weighted by Gasteiger charge is -2.38. The normalized spacial score (nSPS) is 21.2. The molecular formula is C20H21NO3S. The second-order valence-electron chi connectivity index (χ2n) is 7.08. The zero-order chi connectivity index (χ0) is 17.7. The molecule has 25 heavy (non-hydrogen) atoms. The summed E-state index contributed by atoms with van der Waals surface area (Å²) in [6.07, 6.45) is 3.22. The number of hydrogen-bond acceptors (Lipinski definition) is 4. The summed E-state index contributed by atoms with van der Waals surface area (Å²) in [6.45, 7) is 6.22. The SMILES string of the molecule is Cc1ccc2oc(=O)c3cc(C(=O)N4[C@H](C)CCC[C@H]4C)sc3c2c1. The Kier molecular flexibility index (Phi) is 3.91. The topological polar surface area (TPSA) is 50.5 Å². The first-order valence-electron chi connectivity index (χ1n) is 8.75. The third-order valence-corrected chi connectivity index (χ3v) is 6.33. The molecule has 0 spiro atoms. The van der Waals surface area contributed by atoms with Gasteiger partial charge < -0.3 is 9.32 Å². The number of benzene rings is 1. The summed E-state index contributed by atoms with van der Waals surface area (Å²) < 4.78 is 6.28. The van der Waals surface area contributed by atoms with Crippen LogP contribution in [-0.2, 0) is 0 Å². The Morgan fingerprint density at radius 3 is 2.60 bits per heavy atom. The van der Waals surface area contributed by atoms with Crippen molar-refractivity contribution >= 4 is 38.3 Å². The van der Waals surface area contributed by atoms with E-state index in [4.69, 9.17) is 4.42 Å². The molecule has 130 valence electrons. The minimum atomic E-state index is -0.374. The maximum Gasteiger partial charge on any atom is 0.345 e. The molecule has 1 aliphatic heterocycles. The van der Waals surface area contributed by atoms with E-state index in [0.717, 1.165) is 34.9 Å². The van der Waals surface area contributed by atoms with Crippen LogP contribution in [0.15, 0.2) is 33.5 Å². The Balaban J connectivity index is 1.87. The van der Waals surface area contributed by atoms with E-state index in [2.05, 4.69) is 13.8 Å². The predicted octanol–water partition coefficient (Wildman–Crippen LogP) is 4.72. The molecule has 1 aliphatic rings. The molecule has 4 nitrogen and oxygen atoms in total. The van der Waals surface area contributed by atoms with E-state index in [0.29, 0.717) is 15.8 Å². The summed E-state index contributed by atoms with van der Waals surface area (Å²) in [5.41, 5.74) is 1.30. The van der Waals surface area contributed by atoms with Crippen molar-refractivity contribution in [2.75, 3.05) is 0 Å². The third kappa shape index (κ3) is 2.67. The molecule has 0 bridgehead atoms. The lowest BCUT2D eigenvalue weighted by Crippen LogP contribution is -2.47. The van der Waals surface area contributed by atoms with Crippen LogP contribution in [0.4, 0.5) is 0 Å². The summed E-state index contributed by atoms with van der Waals surface area (Å²) >= 11 is 1.40. The molecule has 4 rings (SSSR count). The van der Waals surface area contributed by atoms with E-state index in [-0.39, 0.29) is 23.6 Å². The Morgan fingerprint density at radius 1 is 1.16 bits per heavy atom. The standard InChI is InChI=1S/C20H21NO3S/c1-11-7-8-16-14(9-11)18-15(20(23)24-16)10-17(25-18)19(22)21-12(2)5-4-6-13(21)3/h7-10,12-13H,4-6H2,1-3H3/t12-,13-/m1/s1. The highest BCUT2D eigenvalue weighted by molar-refractivity contribution is 7.21. The monoisotopic (exact) mass is 355 g/mol. The van der Waals surface area contributed by atoms with Gasteiger partial charge in [0.2, 0.25) is 0 Å². The number of likely N-dealkylation sites (tertiary alicyclic amines) is 1. The molecule has 2 aromatic heterocycles. The molecule has 3 aromatic rings. The summed E-state index contributed by atoms with van der Waals surface area (Å²) in [7, 11) is 0. The molecule has 1 aromatic carbocycles. The van der Waals surface area contributed by atoms with Crippen molar-refractivity contribution in [1.82, 2.24) is 4.90 Å². The molecule has 0 N–H and O–H groups in total. The van der Waals surface area contributed by atoms with Crippen LogP contribution in [0.1, 0.15) is 48.3 Å². The number of aryl methyl sites for hydroxylation is 1. The zero-order valence-corrected chi connectivity index (χ0v) is 15.5. The van der Waals surface area contributed by atoms with Gasteiger partial charge in [0, 0.05) is 17.5 Å². The van der Waals surface area contributed by atoms with Crippen molar-refractivity contribution in [3.8, 4) is 0 Å². The fourth-order valence-corrected chi connectivity index (χ4v) is 4.97. The molecule has 1 fully saturated rings. The Hall–Kier alpha value is -2.14. The van der Waals surface area contributed by atoms with E-state index < -0.39 is 0 Å². The van der Waals surface area contributed by atoms with Crippen molar-refractivity contribution in [1.29, 1.82) is 0 Å². The molecule has 0 radical (unpaired) electrons. The van der Waals surface area contributed by atoms with Gasteiger partial charge in [0.25, 0.3) is 5.91 Å². The van der Waals surface area contributed by atoms with Crippen LogP contribution >= 0.6 is 11.3 Å². The van der Waals surface area contributed by atoms with Crippen molar-refractivity contribution in [3.63, 3.8) is 0 Å². The second kappa shape index (κ2) is 5.99. The smallest absolute Gasteiger partial charge is 0.345 e. The van der Waals surface area contributed by atoms with Gasteiger partial charge in [-0.2, -0.15) is 0 Å². The lowest BCUT2D eigenvalue weighted by atomic mass is 9.97. The molecule has 2 atom stereocenters. The van der Waals surface area contributed by atoms with Crippen LogP contribution in [0.25, 0.3) is 21.1 Å². The second-order valence-corrected chi connectivity index (χ2v) is 8.14. The summed E-state index contributed by atoms with van der Waals surface area (Å²) in [5, 5.41) is 1.40. The van der Waals surface area contributed by atoms with Crippen LogP contribution in [-0.4, -0.2) is 22.9 Å². The average Bonchev–Trinajstić information content (AvgIpc) is 3.02. The largest absolute Gasteiger partial charge is 0.422 e. The van der Waals surface area contributed by atoms with Gasteiger partial charge >= 0.3 is 5.63 Å². The minimum absolute atomic E-state index is 0.0288. The van der Waals surface area contributed by atoms with Crippen LogP contribution in [0, 0.1) is 6.92 Å². The summed E-state index contributed by atoms with van der Waals surface area (Å²) in [5.74, 6) is 0.0288. The van der Waals surface area contributed by atoms with Gasteiger partial charge in [0.05, 0.1) is 15.0 Å². The summed E-state index contributed by atoms with van der Waals surface area (Å²) in [4.78, 5) is 28.0. The van der Waals surface area contributed by atoms with E-state index in [9.17, 15) is 9.59 Å². The first-order chi connectivity index (χ1) is 12.0. The van der Waals surface area contributed by atoms with Crippen molar-refractivity contribution < 1.29 is 9.21 Å². The average molecular weight is 355 g/mol. The molecule has 0 saturated carbocycles. The van der Waals surface area contributed by atoms with E-state index in [1.54, 1.807) is 6.07 Å². The Labute approximate surface area is 150 Å². The number of nitrogens with zero attached hydrogens (tertiary/aromatic N) is 1. The van der Waals surface area contributed by atoms with Gasteiger partial charge in [-0.3, -0.25) is 4.79 Å². The van der Waals surface area contributed by atoms with Crippen LogP contribution in [0.2, 0.25) is 0 Å². The quantitative estimate of drug-likeness (QED) is 0.594. The van der Waals surface area contributed by atoms with Crippen LogP contribution < -0.4 is 5.63 Å². The minimum Gasteiger partial charge on any atom is -0.422 e. The molecule has 1 amide bonds. The van der Waals surface area contributed by atoms with Gasteiger partial charge in [-0.15, -0.1) is 11.3 Å². The predicted molar refractivity (Wildman–Crippen MR) is 102 cm³/mol. The Morgan fingerprint density at radius 2 is 1.88 bits per heavy atom. The van der Waals surface area contributed by atoms with Crippen LogP contribution in [0.3, 0.4) is 0 Å². The number of carbonyl (C=O) groups excluding carboxylic acids is 1. The highest BCUT2D eigenvalue weighted by Crippen LogP contribution is 2.33. The summed E-state index contributed by atoms with van der Waals surface area (Å²) in [6, 6.07) is 7.94. The molecule has 0 aliphatic carbocycles. The molecular weight excluding hydrogens is 334 g/mol. The number of piperidine rings is 1. The number of carbonyl (C=O) groups is 1. The Bertz CT molecular complexity index is 1020. The fraction of sp³-hybridized carbons (Fsp3) is 0.400. The first kappa shape index (κ1) is 16.3. The van der Waals surface area contributed by atoms with Crippen molar-refractivity contribution in [3.05, 3.63) is 45.1 Å².